The monoisotopic (exact) mass is 493 g/mol. The van der Waals surface area contributed by atoms with Crippen molar-refractivity contribution in [1.82, 2.24) is 25.0 Å². The number of carbonyl (C=O) groups is 3. The van der Waals surface area contributed by atoms with Crippen molar-refractivity contribution in [2.45, 2.75) is 6.92 Å². The number of nitrogens with one attached hydrogen (secondary N) is 1. The van der Waals surface area contributed by atoms with Crippen molar-refractivity contribution in [2.24, 2.45) is 0 Å². The Kier molecular flexibility index (Phi) is 7.46. The highest BCUT2D eigenvalue weighted by Gasteiger charge is 2.34. The van der Waals surface area contributed by atoms with Crippen LogP contribution in [0.15, 0.2) is 60.0 Å². The molecule has 0 saturated carbocycles. The summed E-state index contributed by atoms with van der Waals surface area (Å²) in [6.45, 7) is 2.57. The van der Waals surface area contributed by atoms with Crippen LogP contribution in [-0.2, 0) is 4.79 Å². The van der Waals surface area contributed by atoms with Gasteiger partial charge in [-0.25, -0.2) is 9.67 Å². The summed E-state index contributed by atoms with van der Waals surface area (Å²) in [4.78, 5) is 42.9. The Hall–Kier alpha value is -4.12. The molecule has 3 amide bonds. The van der Waals surface area contributed by atoms with E-state index in [1.807, 2.05) is 6.92 Å². The molecule has 0 atom stereocenters. The van der Waals surface area contributed by atoms with Crippen molar-refractivity contribution in [1.29, 1.82) is 0 Å². The van der Waals surface area contributed by atoms with E-state index in [0.29, 0.717) is 34.1 Å². The molecule has 2 aromatic carbocycles. The lowest BCUT2D eigenvalue weighted by atomic mass is 10.2. The maximum atomic E-state index is 12.8. The van der Waals surface area contributed by atoms with Gasteiger partial charge in [-0.2, -0.15) is 5.10 Å². The summed E-state index contributed by atoms with van der Waals surface area (Å²) in [6, 6.07) is 12.1. The quantitative estimate of drug-likeness (QED) is 0.452. The molecule has 1 N–H and O–H groups in total. The van der Waals surface area contributed by atoms with Gasteiger partial charge in [0.15, 0.2) is 11.5 Å². The fourth-order valence-corrected chi connectivity index (χ4v) is 4.25. The summed E-state index contributed by atoms with van der Waals surface area (Å²) < 4.78 is 12.4. The van der Waals surface area contributed by atoms with Gasteiger partial charge in [0.2, 0.25) is 0 Å². The van der Waals surface area contributed by atoms with Gasteiger partial charge in [-0.3, -0.25) is 19.3 Å². The predicted octanol–water partition coefficient (Wildman–Crippen LogP) is 3.14. The molecule has 0 spiro atoms. The zero-order valence-corrected chi connectivity index (χ0v) is 19.9. The number of aromatic nitrogens is 3. The first kappa shape index (κ1) is 24.0. The van der Waals surface area contributed by atoms with Gasteiger partial charge in [-0.05, 0) is 66.7 Å². The van der Waals surface area contributed by atoms with Crippen LogP contribution < -0.4 is 14.8 Å². The second-order valence-corrected chi connectivity index (χ2v) is 8.31. The standard InChI is InChI=1S/C24H23N5O5S/c1-3-34-19-9-4-16(12-20(19)33-2)13-21-23(31)28(24(32)35-21)11-10-26-22(30)17-5-7-18(8-6-17)29-15-25-14-27-29/h4-9,12-15H,3,10-11H2,1-2H3,(H,26,30)/b21-13-. The first-order valence-electron chi connectivity index (χ1n) is 10.8. The third-order valence-corrected chi connectivity index (χ3v) is 6.00. The third-order valence-electron chi connectivity index (χ3n) is 5.09. The number of thioether (sulfide) groups is 1. The van der Waals surface area contributed by atoms with Crippen molar-refractivity contribution in [2.75, 3.05) is 26.8 Å². The molecular weight excluding hydrogens is 470 g/mol. The van der Waals surface area contributed by atoms with Crippen LogP contribution in [-0.4, -0.2) is 63.5 Å². The maximum Gasteiger partial charge on any atom is 0.293 e. The van der Waals surface area contributed by atoms with E-state index in [0.717, 1.165) is 22.3 Å². The molecule has 4 rings (SSSR count). The second kappa shape index (κ2) is 10.9. The Morgan fingerprint density at radius 3 is 2.63 bits per heavy atom. The van der Waals surface area contributed by atoms with Gasteiger partial charge in [0, 0.05) is 18.7 Å². The van der Waals surface area contributed by atoms with Crippen molar-refractivity contribution < 1.29 is 23.9 Å². The molecule has 0 unspecified atom stereocenters. The van der Waals surface area contributed by atoms with Crippen LogP contribution in [0.1, 0.15) is 22.8 Å². The summed E-state index contributed by atoms with van der Waals surface area (Å²) in [7, 11) is 1.54. The Bertz CT molecular complexity index is 1260. The molecule has 10 nitrogen and oxygen atoms in total. The van der Waals surface area contributed by atoms with Gasteiger partial charge < -0.3 is 14.8 Å². The predicted molar refractivity (Wildman–Crippen MR) is 131 cm³/mol. The number of imide groups is 1. The van der Waals surface area contributed by atoms with E-state index in [9.17, 15) is 14.4 Å². The smallest absolute Gasteiger partial charge is 0.293 e. The molecule has 35 heavy (non-hydrogen) atoms. The van der Waals surface area contributed by atoms with Gasteiger partial charge in [0.1, 0.15) is 12.7 Å². The molecule has 1 aliphatic rings. The number of hydrogen-bond donors (Lipinski definition) is 1. The zero-order valence-electron chi connectivity index (χ0n) is 19.1. The molecule has 1 saturated heterocycles. The van der Waals surface area contributed by atoms with E-state index in [1.54, 1.807) is 59.5 Å². The van der Waals surface area contributed by atoms with Gasteiger partial charge in [0.25, 0.3) is 17.1 Å². The Morgan fingerprint density at radius 2 is 1.94 bits per heavy atom. The summed E-state index contributed by atoms with van der Waals surface area (Å²) in [5.41, 5.74) is 1.93. The van der Waals surface area contributed by atoms with Crippen LogP contribution in [0.2, 0.25) is 0 Å². The molecule has 0 bridgehead atoms. The Labute approximate surface area is 205 Å². The van der Waals surface area contributed by atoms with Crippen LogP contribution in [0, 0.1) is 0 Å². The second-order valence-electron chi connectivity index (χ2n) is 7.32. The van der Waals surface area contributed by atoms with Crippen LogP contribution in [0.5, 0.6) is 11.5 Å². The number of rotatable bonds is 9. The van der Waals surface area contributed by atoms with Crippen molar-refractivity contribution in [3.05, 3.63) is 71.2 Å². The van der Waals surface area contributed by atoms with Gasteiger partial charge in [-0.1, -0.05) is 6.07 Å². The largest absolute Gasteiger partial charge is 0.493 e. The molecular formula is C24H23N5O5S. The molecule has 3 aromatic rings. The van der Waals surface area contributed by atoms with Crippen LogP contribution in [0.4, 0.5) is 4.79 Å². The highest BCUT2D eigenvalue weighted by Crippen LogP contribution is 2.34. The lowest BCUT2D eigenvalue weighted by Gasteiger charge is -2.13. The molecule has 1 aromatic heterocycles. The molecule has 180 valence electrons. The fraction of sp³-hybridized carbons (Fsp3) is 0.208. The van der Waals surface area contributed by atoms with Crippen molar-refractivity contribution >= 4 is 34.9 Å². The number of hydrogen-bond acceptors (Lipinski definition) is 8. The Morgan fingerprint density at radius 1 is 1.14 bits per heavy atom. The lowest BCUT2D eigenvalue weighted by Crippen LogP contribution is -2.37. The molecule has 11 heteroatoms. The molecule has 0 radical (unpaired) electrons. The molecule has 1 fully saturated rings. The van der Waals surface area contributed by atoms with E-state index < -0.39 is 5.91 Å². The topological polar surface area (TPSA) is 116 Å². The number of benzene rings is 2. The molecule has 0 aliphatic carbocycles. The minimum Gasteiger partial charge on any atom is -0.493 e. The summed E-state index contributed by atoms with van der Waals surface area (Å²) in [5, 5.41) is 6.39. The van der Waals surface area contributed by atoms with Crippen LogP contribution in [0.3, 0.4) is 0 Å². The molecule has 1 aliphatic heterocycles. The summed E-state index contributed by atoms with van der Waals surface area (Å²) in [6.07, 6.45) is 4.63. The van der Waals surface area contributed by atoms with Gasteiger partial charge in [0.05, 0.1) is 24.3 Å². The Balaban J connectivity index is 1.34. The van der Waals surface area contributed by atoms with Crippen molar-refractivity contribution in [3.63, 3.8) is 0 Å². The summed E-state index contributed by atoms with van der Waals surface area (Å²) >= 11 is 0.860. The van der Waals surface area contributed by atoms with Gasteiger partial charge in [-0.15, -0.1) is 0 Å². The van der Waals surface area contributed by atoms with Gasteiger partial charge >= 0.3 is 0 Å². The number of ether oxygens (including phenoxy) is 2. The number of methoxy groups -OCH3 is 1. The summed E-state index contributed by atoms with van der Waals surface area (Å²) in [5.74, 6) is 0.430. The minimum atomic E-state index is -0.403. The third kappa shape index (κ3) is 5.52. The first-order chi connectivity index (χ1) is 17.0. The minimum absolute atomic E-state index is 0.0669. The highest BCUT2D eigenvalue weighted by atomic mass is 32.2. The van der Waals surface area contributed by atoms with E-state index in [-0.39, 0.29) is 24.2 Å². The lowest BCUT2D eigenvalue weighted by molar-refractivity contribution is -0.122. The first-order valence-corrected chi connectivity index (χ1v) is 11.6. The van der Waals surface area contributed by atoms with E-state index in [4.69, 9.17) is 9.47 Å². The maximum absolute atomic E-state index is 12.8. The zero-order chi connectivity index (χ0) is 24.8. The number of nitrogens with zero attached hydrogens (tertiary/aromatic N) is 4. The number of amides is 3. The highest BCUT2D eigenvalue weighted by molar-refractivity contribution is 8.18. The van der Waals surface area contributed by atoms with Crippen molar-refractivity contribution in [3.8, 4) is 17.2 Å². The SMILES string of the molecule is CCOc1ccc(/C=C2\SC(=O)N(CCNC(=O)c3ccc(-n4cncn4)cc3)C2=O)cc1OC. The molecule has 2 heterocycles. The van der Waals surface area contributed by atoms with E-state index >= 15 is 0 Å². The van der Waals surface area contributed by atoms with Crippen LogP contribution >= 0.6 is 11.8 Å². The van der Waals surface area contributed by atoms with E-state index in [2.05, 4.69) is 15.4 Å². The van der Waals surface area contributed by atoms with Crippen LogP contribution in [0.25, 0.3) is 11.8 Å². The van der Waals surface area contributed by atoms with E-state index in [1.165, 1.54) is 13.4 Å². The normalized spacial score (nSPS) is 14.5. The average molecular weight is 494 g/mol. The average Bonchev–Trinajstić information content (AvgIpc) is 3.50. The fourth-order valence-electron chi connectivity index (χ4n) is 3.38. The number of carbonyl (C=O) groups excluding carboxylic acids is 3.